The molecule has 0 spiro atoms. The van der Waals surface area contributed by atoms with Crippen molar-refractivity contribution in [3.8, 4) is 6.07 Å². The van der Waals surface area contributed by atoms with Gasteiger partial charge in [-0.25, -0.2) is 9.31 Å². The molecular weight excluding hydrogens is 278 g/mol. The number of esters is 1. The van der Waals surface area contributed by atoms with Gasteiger partial charge in [-0.1, -0.05) is 6.92 Å². The molecule has 3 rings (SSSR count). The number of rotatable bonds is 4. The van der Waals surface area contributed by atoms with Crippen LogP contribution in [0.15, 0.2) is 12.3 Å². The normalized spacial score (nSPS) is 16.5. The molecule has 1 atom stereocenters. The average molecular weight is 297 g/mol. The maximum absolute atomic E-state index is 12.4. The highest BCUT2D eigenvalue weighted by atomic mass is 16.5. The first-order valence-corrected chi connectivity index (χ1v) is 7.78. The molecule has 0 fully saturated rings. The number of carbonyl (C=O) groups is 1. The van der Waals surface area contributed by atoms with E-state index in [1.165, 1.54) is 5.56 Å². The Morgan fingerprint density at radius 1 is 1.55 bits per heavy atom. The molecule has 5 heteroatoms. The number of aryl methyl sites for hydroxylation is 2. The fraction of sp³-hybridized carbons (Fsp3) is 0.471. The minimum absolute atomic E-state index is 0.179. The van der Waals surface area contributed by atoms with E-state index in [-0.39, 0.29) is 11.9 Å². The summed E-state index contributed by atoms with van der Waals surface area (Å²) in [6.45, 7) is 4.13. The summed E-state index contributed by atoms with van der Waals surface area (Å²) in [6.07, 6.45) is 4.96. The van der Waals surface area contributed by atoms with Gasteiger partial charge in [0.05, 0.1) is 23.9 Å². The lowest BCUT2D eigenvalue weighted by molar-refractivity contribution is 0.0527. The fourth-order valence-electron chi connectivity index (χ4n) is 3.38. The summed E-state index contributed by atoms with van der Waals surface area (Å²) in [4.78, 5) is 12.4. The van der Waals surface area contributed by atoms with Crippen LogP contribution < -0.4 is 0 Å². The molecule has 0 amide bonds. The van der Waals surface area contributed by atoms with Gasteiger partial charge in [0.2, 0.25) is 0 Å². The molecule has 2 aromatic heterocycles. The van der Waals surface area contributed by atoms with Gasteiger partial charge >= 0.3 is 5.97 Å². The average Bonchev–Trinajstić information content (AvgIpc) is 3.08. The van der Waals surface area contributed by atoms with Crippen LogP contribution >= 0.6 is 0 Å². The van der Waals surface area contributed by atoms with E-state index >= 15 is 0 Å². The third-order valence-corrected chi connectivity index (χ3v) is 4.32. The predicted molar refractivity (Wildman–Crippen MR) is 81.8 cm³/mol. The lowest BCUT2D eigenvalue weighted by Crippen LogP contribution is -2.08. The highest BCUT2D eigenvalue weighted by Crippen LogP contribution is 2.39. The van der Waals surface area contributed by atoms with E-state index in [1.54, 1.807) is 11.4 Å². The Morgan fingerprint density at radius 2 is 2.36 bits per heavy atom. The standard InChI is InChI=1S/C17H19N3O2/c1-3-13-15(17(21)22-4-2)16-14-11(7-9-18)5-6-12(14)8-10-20(16)19-13/h8,10-11H,3-7H2,1-2H3. The molecule has 0 saturated heterocycles. The molecular formula is C17H19N3O2. The van der Waals surface area contributed by atoms with Gasteiger partial charge in [0.25, 0.3) is 0 Å². The summed E-state index contributed by atoms with van der Waals surface area (Å²) in [5.41, 5.74) is 4.51. The summed E-state index contributed by atoms with van der Waals surface area (Å²) >= 11 is 0. The second-order valence-corrected chi connectivity index (χ2v) is 5.54. The Kier molecular flexibility index (Phi) is 3.84. The number of pyridine rings is 1. The number of ether oxygens (including phenoxy) is 1. The predicted octanol–water partition coefficient (Wildman–Crippen LogP) is 3.02. The monoisotopic (exact) mass is 297 g/mol. The van der Waals surface area contributed by atoms with Crippen molar-refractivity contribution in [2.75, 3.05) is 6.61 Å². The Morgan fingerprint density at radius 3 is 3.05 bits per heavy atom. The van der Waals surface area contributed by atoms with Gasteiger partial charge in [-0.05, 0) is 49.3 Å². The molecule has 114 valence electrons. The zero-order chi connectivity index (χ0) is 15.7. The molecule has 1 aliphatic carbocycles. The van der Waals surface area contributed by atoms with Gasteiger partial charge in [-0.3, -0.25) is 0 Å². The van der Waals surface area contributed by atoms with E-state index in [1.807, 2.05) is 13.1 Å². The van der Waals surface area contributed by atoms with Crippen LogP contribution in [0.2, 0.25) is 0 Å². The highest BCUT2D eigenvalue weighted by Gasteiger charge is 2.30. The van der Waals surface area contributed by atoms with Crippen LogP contribution in [-0.2, 0) is 17.6 Å². The van der Waals surface area contributed by atoms with E-state index in [0.29, 0.717) is 25.0 Å². The van der Waals surface area contributed by atoms with E-state index in [0.717, 1.165) is 29.6 Å². The molecule has 0 N–H and O–H groups in total. The lowest BCUT2D eigenvalue weighted by atomic mass is 9.96. The zero-order valence-corrected chi connectivity index (χ0v) is 12.9. The fourth-order valence-corrected chi connectivity index (χ4v) is 3.38. The first-order valence-electron chi connectivity index (χ1n) is 7.78. The molecule has 5 nitrogen and oxygen atoms in total. The summed E-state index contributed by atoms with van der Waals surface area (Å²) < 4.78 is 7.01. The number of aromatic nitrogens is 2. The van der Waals surface area contributed by atoms with Crippen LogP contribution in [0.4, 0.5) is 0 Å². The number of fused-ring (bicyclic) bond motifs is 3. The number of nitrogens with zero attached hydrogens (tertiary/aromatic N) is 3. The van der Waals surface area contributed by atoms with Crippen LogP contribution in [0, 0.1) is 11.3 Å². The first-order chi connectivity index (χ1) is 10.7. The molecule has 0 aromatic carbocycles. The van der Waals surface area contributed by atoms with Crippen LogP contribution in [0.25, 0.3) is 5.52 Å². The molecule has 22 heavy (non-hydrogen) atoms. The topological polar surface area (TPSA) is 67.4 Å². The van der Waals surface area contributed by atoms with Crippen molar-refractivity contribution in [2.24, 2.45) is 0 Å². The maximum Gasteiger partial charge on any atom is 0.342 e. The number of carbonyl (C=O) groups excluding carboxylic acids is 1. The van der Waals surface area contributed by atoms with Crippen molar-refractivity contribution in [1.29, 1.82) is 5.26 Å². The zero-order valence-electron chi connectivity index (χ0n) is 12.9. The third-order valence-electron chi connectivity index (χ3n) is 4.32. The van der Waals surface area contributed by atoms with Crippen LogP contribution in [-0.4, -0.2) is 22.2 Å². The molecule has 0 aliphatic heterocycles. The van der Waals surface area contributed by atoms with Crippen molar-refractivity contribution in [3.63, 3.8) is 0 Å². The van der Waals surface area contributed by atoms with Crippen molar-refractivity contribution >= 4 is 11.5 Å². The molecule has 1 unspecified atom stereocenters. The molecule has 0 saturated carbocycles. The van der Waals surface area contributed by atoms with Gasteiger partial charge in [-0.15, -0.1) is 0 Å². The number of hydrogen-bond acceptors (Lipinski definition) is 4. The van der Waals surface area contributed by atoms with Gasteiger partial charge in [0.15, 0.2) is 0 Å². The van der Waals surface area contributed by atoms with Crippen molar-refractivity contribution in [2.45, 2.75) is 45.4 Å². The Bertz CT molecular complexity index is 770. The molecule has 2 heterocycles. The summed E-state index contributed by atoms with van der Waals surface area (Å²) in [5.74, 6) is -0.136. The van der Waals surface area contributed by atoms with Crippen LogP contribution in [0.5, 0.6) is 0 Å². The van der Waals surface area contributed by atoms with Gasteiger partial charge in [0, 0.05) is 12.6 Å². The smallest absolute Gasteiger partial charge is 0.342 e. The van der Waals surface area contributed by atoms with E-state index < -0.39 is 0 Å². The highest BCUT2D eigenvalue weighted by molar-refractivity contribution is 5.99. The summed E-state index contributed by atoms with van der Waals surface area (Å²) in [5, 5.41) is 13.6. The second kappa shape index (κ2) is 5.80. The minimum atomic E-state index is -0.314. The minimum Gasteiger partial charge on any atom is -0.462 e. The molecule has 1 aliphatic rings. The van der Waals surface area contributed by atoms with E-state index in [2.05, 4.69) is 17.2 Å². The van der Waals surface area contributed by atoms with E-state index in [9.17, 15) is 4.79 Å². The van der Waals surface area contributed by atoms with Gasteiger partial charge < -0.3 is 4.74 Å². The van der Waals surface area contributed by atoms with Gasteiger partial charge in [-0.2, -0.15) is 10.4 Å². The summed E-state index contributed by atoms with van der Waals surface area (Å²) in [7, 11) is 0. The SMILES string of the molecule is CCOC(=O)c1c(CC)nn2ccc3c(c12)C(CC#N)CC3. The number of hydrogen-bond donors (Lipinski definition) is 0. The van der Waals surface area contributed by atoms with Crippen molar-refractivity contribution in [1.82, 2.24) is 9.61 Å². The lowest BCUT2D eigenvalue weighted by Gasteiger charge is -2.10. The van der Waals surface area contributed by atoms with E-state index in [4.69, 9.17) is 10.00 Å². The van der Waals surface area contributed by atoms with Crippen molar-refractivity contribution < 1.29 is 9.53 Å². The Labute approximate surface area is 129 Å². The molecule has 2 aromatic rings. The first kappa shape index (κ1) is 14.6. The molecule has 0 radical (unpaired) electrons. The second-order valence-electron chi connectivity index (χ2n) is 5.54. The van der Waals surface area contributed by atoms with Crippen LogP contribution in [0.3, 0.4) is 0 Å². The molecule has 0 bridgehead atoms. The largest absolute Gasteiger partial charge is 0.462 e. The van der Waals surface area contributed by atoms with Crippen LogP contribution in [0.1, 0.15) is 59.8 Å². The van der Waals surface area contributed by atoms with Crippen molar-refractivity contribution in [3.05, 3.63) is 34.6 Å². The Hall–Kier alpha value is -2.35. The van der Waals surface area contributed by atoms with Gasteiger partial charge in [0.1, 0.15) is 5.56 Å². The Balaban J connectivity index is 2.27. The third kappa shape index (κ3) is 2.16. The summed E-state index contributed by atoms with van der Waals surface area (Å²) in [6, 6.07) is 4.32. The quantitative estimate of drug-likeness (QED) is 0.814. The number of nitriles is 1. The maximum atomic E-state index is 12.4.